The Bertz CT molecular complexity index is 400. The van der Waals surface area contributed by atoms with Crippen LogP contribution in [0.4, 0.5) is 5.82 Å². The number of halogens is 1. The number of hydrogen-bond acceptors (Lipinski definition) is 4. The molecule has 1 aromatic rings. The summed E-state index contributed by atoms with van der Waals surface area (Å²) in [6, 6.07) is 4.03. The van der Waals surface area contributed by atoms with Gasteiger partial charge in [-0.25, -0.2) is 4.98 Å². The maximum Gasteiger partial charge on any atom is 0.126 e. The lowest BCUT2D eigenvalue weighted by Gasteiger charge is -2.22. The molecule has 0 radical (unpaired) electrons. The number of anilines is 1. The number of nitrogens with one attached hydrogen (secondary N) is 1. The SMILES string of the molecule is CCNc1ccc(Cl)c(CN2CCCC2CO)n1. The van der Waals surface area contributed by atoms with Crippen molar-refractivity contribution in [3.8, 4) is 0 Å². The van der Waals surface area contributed by atoms with Crippen LogP contribution in [0.5, 0.6) is 0 Å². The van der Waals surface area contributed by atoms with Gasteiger partial charge in [-0.2, -0.15) is 0 Å². The number of hydrogen-bond donors (Lipinski definition) is 2. The first-order chi connectivity index (χ1) is 8.74. The number of aliphatic hydroxyl groups excluding tert-OH is 1. The van der Waals surface area contributed by atoms with E-state index in [9.17, 15) is 5.11 Å². The van der Waals surface area contributed by atoms with Gasteiger partial charge in [0.05, 0.1) is 17.3 Å². The highest BCUT2D eigenvalue weighted by molar-refractivity contribution is 6.31. The highest BCUT2D eigenvalue weighted by Crippen LogP contribution is 2.23. The minimum Gasteiger partial charge on any atom is -0.395 e. The van der Waals surface area contributed by atoms with Crippen LogP contribution in [-0.2, 0) is 6.54 Å². The van der Waals surface area contributed by atoms with Crippen molar-refractivity contribution in [1.82, 2.24) is 9.88 Å². The molecular weight excluding hydrogens is 250 g/mol. The zero-order chi connectivity index (χ0) is 13.0. The van der Waals surface area contributed by atoms with Gasteiger partial charge in [-0.1, -0.05) is 11.6 Å². The second kappa shape index (κ2) is 6.36. The van der Waals surface area contributed by atoms with Crippen molar-refractivity contribution in [3.05, 3.63) is 22.8 Å². The average molecular weight is 270 g/mol. The molecule has 0 amide bonds. The normalized spacial score (nSPS) is 20.3. The average Bonchev–Trinajstić information content (AvgIpc) is 2.81. The molecule has 1 aliphatic rings. The fourth-order valence-corrected chi connectivity index (χ4v) is 2.54. The van der Waals surface area contributed by atoms with Gasteiger partial charge >= 0.3 is 0 Å². The lowest BCUT2D eigenvalue weighted by atomic mass is 10.2. The first-order valence-corrected chi connectivity index (χ1v) is 6.86. The van der Waals surface area contributed by atoms with Crippen LogP contribution >= 0.6 is 11.6 Å². The molecule has 2 heterocycles. The fourth-order valence-electron chi connectivity index (χ4n) is 2.38. The van der Waals surface area contributed by atoms with Crippen molar-refractivity contribution in [2.24, 2.45) is 0 Å². The van der Waals surface area contributed by atoms with E-state index in [4.69, 9.17) is 11.6 Å². The summed E-state index contributed by atoms with van der Waals surface area (Å²) in [6.45, 7) is 4.82. The maximum atomic E-state index is 9.32. The molecule has 1 aliphatic heterocycles. The van der Waals surface area contributed by atoms with Crippen molar-refractivity contribution < 1.29 is 5.11 Å². The van der Waals surface area contributed by atoms with E-state index >= 15 is 0 Å². The van der Waals surface area contributed by atoms with Crippen LogP contribution in [0.1, 0.15) is 25.5 Å². The molecule has 1 fully saturated rings. The van der Waals surface area contributed by atoms with E-state index < -0.39 is 0 Å². The third kappa shape index (κ3) is 3.13. The van der Waals surface area contributed by atoms with Gasteiger partial charge in [0.2, 0.25) is 0 Å². The van der Waals surface area contributed by atoms with Gasteiger partial charge in [0.25, 0.3) is 0 Å². The molecule has 0 spiro atoms. The van der Waals surface area contributed by atoms with Crippen LogP contribution in [0.25, 0.3) is 0 Å². The maximum absolute atomic E-state index is 9.32. The summed E-state index contributed by atoms with van der Waals surface area (Å²) >= 11 is 6.19. The van der Waals surface area contributed by atoms with Crippen LogP contribution in [0.15, 0.2) is 12.1 Å². The summed E-state index contributed by atoms with van der Waals surface area (Å²) in [5, 5.41) is 13.2. The van der Waals surface area contributed by atoms with E-state index in [2.05, 4.69) is 15.2 Å². The van der Waals surface area contributed by atoms with Crippen LogP contribution in [-0.4, -0.2) is 40.7 Å². The van der Waals surface area contributed by atoms with E-state index in [1.165, 1.54) is 0 Å². The van der Waals surface area contributed by atoms with Gasteiger partial charge in [-0.3, -0.25) is 4.90 Å². The largest absolute Gasteiger partial charge is 0.395 e. The Morgan fingerprint density at radius 2 is 2.39 bits per heavy atom. The Hall–Kier alpha value is -0.840. The van der Waals surface area contributed by atoms with Crippen molar-refractivity contribution in [2.45, 2.75) is 32.4 Å². The monoisotopic (exact) mass is 269 g/mol. The predicted molar refractivity (Wildman–Crippen MR) is 73.9 cm³/mol. The summed E-state index contributed by atoms with van der Waals surface area (Å²) in [4.78, 5) is 6.78. The van der Waals surface area contributed by atoms with E-state index in [-0.39, 0.29) is 12.6 Å². The number of aliphatic hydroxyl groups is 1. The third-order valence-corrected chi connectivity index (χ3v) is 3.68. The summed E-state index contributed by atoms with van der Waals surface area (Å²) in [5.41, 5.74) is 0.885. The Kier molecular flexibility index (Phi) is 4.80. The molecule has 18 heavy (non-hydrogen) atoms. The van der Waals surface area contributed by atoms with Gasteiger partial charge in [0.1, 0.15) is 5.82 Å². The highest BCUT2D eigenvalue weighted by Gasteiger charge is 2.24. The number of aromatic nitrogens is 1. The van der Waals surface area contributed by atoms with Crippen molar-refractivity contribution >= 4 is 17.4 Å². The highest BCUT2D eigenvalue weighted by atomic mass is 35.5. The molecule has 1 atom stereocenters. The summed E-state index contributed by atoms with van der Waals surface area (Å²) in [5.74, 6) is 0.858. The van der Waals surface area contributed by atoms with E-state index in [1.54, 1.807) is 0 Å². The second-order valence-corrected chi connectivity index (χ2v) is 5.01. The van der Waals surface area contributed by atoms with Gasteiger partial charge in [0.15, 0.2) is 0 Å². The van der Waals surface area contributed by atoms with Gasteiger partial charge < -0.3 is 10.4 Å². The lowest BCUT2D eigenvalue weighted by molar-refractivity contribution is 0.152. The van der Waals surface area contributed by atoms with E-state index in [0.717, 1.165) is 37.4 Å². The molecule has 0 saturated carbocycles. The third-order valence-electron chi connectivity index (χ3n) is 3.34. The van der Waals surface area contributed by atoms with Gasteiger partial charge in [0, 0.05) is 19.1 Å². The van der Waals surface area contributed by atoms with Gasteiger partial charge in [-0.05, 0) is 38.4 Å². The van der Waals surface area contributed by atoms with Crippen molar-refractivity contribution in [1.29, 1.82) is 0 Å². The van der Waals surface area contributed by atoms with Crippen LogP contribution in [0, 0.1) is 0 Å². The second-order valence-electron chi connectivity index (χ2n) is 4.60. The molecule has 2 rings (SSSR count). The van der Waals surface area contributed by atoms with Crippen molar-refractivity contribution in [3.63, 3.8) is 0 Å². The molecule has 1 aromatic heterocycles. The molecule has 2 N–H and O–H groups in total. The number of likely N-dealkylation sites (tertiary alicyclic amines) is 1. The van der Waals surface area contributed by atoms with Crippen molar-refractivity contribution in [2.75, 3.05) is 25.0 Å². The standard InChI is InChI=1S/C13H20ClN3O/c1-2-15-13-6-5-11(14)12(16-13)8-17-7-3-4-10(17)9-18/h5-6,10,18H,2-4,7-9H2,1H3,(H,15,16). The lowest BCUT2D eigenvalue weighted by Crippen LogP contribution is -2.32. The van der Waals surface area contributed by atoms with Crippen LogP contribution in [0.2, 0.25) is 5.02 Å². The Morgan fingerprint density at radius 3 is 3.11 bits per heavy atom. The predicted octanol–water partition coefficient (Wildman–Crippen LogP) is 2.12. The molecule has 4 nitrogen and oxygen atoms in total. The molecule has 5 heteroatoms. The molecule has 1 unspecified atom stereocenters. The molecule has 0 bridgehead atoms. The van der Waals surface area contributed by atoms with E-state index in [0.29, 0.717) is 11.6 Å². The number of rotatable bonds is 5. The van der Waals surface area contributed by atoms with Crippen LogP contribution < -0.4 is 5.32 Å². The van der Waals surface area contributed by atoms with E-state index in [1.807, 2.05) is 19.1 Å². The Morgan fingerprint density at radius 1 is 1.56 bits per heavy atom. The summed E-state index contributed by atoms with van der Waals surface area (Å²) in [6.07, 6.45) is 2.19. The molecule has 0 aromatic carbocycles. The number of pyridine rings is 1. The zero-order valence-corrected chi connectivity index (χ0v) is 11.5. The first-order valence-electron chi connectivity index (χ1n) is 6.48. The molecule has 1 saturated heterocycles. The quantitative estimate of drug-likeness (QED) is 0.860. The Labute approximate surface area is 113 Å². The topological polar surface area (TPSA) is 48.4 Å². The molecular formula is C13H20ClN3O. The Balaban J connectivity index is 2.09. The molecule has 0 aliphatic carbocycles. The van der Waals surface area contributed by atoms with Gasteiger partial charge in [-0.15, -0.1) is 0 Å². The fraction of sp³-hybridized carbons (Fsp3) is 0.615. The minimum atomic E-state index is 0.213. The smallest absolute Gasteiger partial charge is 0.126 e. The molecule has 100 valence electrons. The zero-order valence-electron chi connectivity index (χ0n) is 10.7. The first kappa shape index (κ1) is 13.6. The summed E-state index contributed by atoms with van der Waals surface area (Å²) in [7, 11) is 0. The minimum absolute atomic E-state index is 0.213. The summed E-state index contributed by atoms with van der Waals surface area (Å²) < 4.78 is 0. The van der Waals surface area contributed by atoms with Crippen LogP contribution in [0.3, 0.4) is 0 Å². The number of nitrogens with zero attached hydrogens (tertiary/aromatic N) is 2.